The molecule has 20 heavy (non-hydrogen) atoms. The zero-order valence-corrected chi connectivity index (χ0v) is 11.2. The summed E-state index contributed by atoms with van der Waals surface area (Å²) in [6, 6.07) is 2.86. The molecule has 0 radical (unpaired) electrons. The van der Waals surface area contributed by atoms with E-state index >= 15 is 0 Å². The van der Waals surface area contributed by atoms with Crippen molar-refractivity contribution < 1.29 is 18.4 Å². The number of nitrogens with one attached hydrogen (secondary N) is 1. The predicted octanol–water partition coefficient (Wildman–Crippen LogP) is 1.36. The number of rotatable bonds is 4. The van der Waals surface area contributed by atoms with Crippen LogP contribution in [0.25, 0.3) is 0 Å². The van der Waals surface area contributed by atoms with Crippen molar-refractivity contribution in [3.05, 3.63) is 35.4 Å². The summed E-state index contributed by atoms with van der Waals surface area (Å²) in [5.41, 5.74) is -0.229. The molecule has 1 aliphatic rings. The third-order valence-corrected chi connectivity index (χ3v) is 3.28. The van der Waals surface area contributed by atoms with Gasteiger partial charge in [-0.1, -0.05) is 0 Å². The highest BCUT2D eigenvalue weighted by molar-refractivity contribution is 5.97. The summed E-state index contributed by atoms with van der Waals surface area (Å²) < 4.78 is 26.5. The number of carbonyl (C=O) groups is 2. The molecule has 1 N–H and O–H groups in total. The van der Waals surface area contributed by atoms with E-state index in [1.807, 2.05) is 4.90 Å². The number of nitrogens with zero attached hydrogens (tertiary/aromatic N) is 1. The lowest BCUT2D eigenvalue weighted by molar-refractivity contribution is -0.119. The second kappa shape index (κ2) is 6.09. The Hall–Kier alpha value is -1.82. The highest BCUT2D eigenvalue weighted by Crippen LogP contribution is 2.14. The predicted molar refractivity (Wildman–Crippen MR) is 69.4 cm³/mol. The number of halogens is 2. The van der Waals surface area contributed by atoms with Crippen LogP contribution in [0.5, 0.6) is 0 Å². The summed E-state index contributed by atoms with van der Waals surface area (Å²) in [6.07, 6.45) is 0.749. The minimum Gasteiger partial charge on any atom is -0.352 e. The lowest BCUT2D eigenvalue weighted by Gasteiger charge is -2.15. The molecule has 1 atom stereocenters. The third kappa shape index (κ3) is 3.60. The van der Waals surface area contributed by atoms with Crippen LogP contribution in [0.1, 0.15) is 23.7 Å². The van der Waals surface area contributed by atoms with Crippen molar-refractivity contribution in [2.45, 2.75) is 19.4 Å². The summed E-state index contributed by atoms with van der Waals surface area (Å²) in [6.45, 7) is 2.66. The fourth-order valence-corrected chi connectivity index (χ4v) is 2.38. The maximum atomic E-state index is 13.5. The number of ketones is 1. The van der Waals surface area contributed by atoms with E-state index in [0.717, 1.165) is 24.6 Å². The monoisotopic (exact) mass is 282 g/mol. The molecule has 0 aromatic heterocycles. The molecule has 108 valence electrons. The van der Waals surface area contributed by atoms with Gasteiger partial charge in [0.05, 0.1) is 12.1 Å². The van der Waals surface area contributed by atoms with Crippen molar-refractivity contribution in [2.24, 2.45) is 0 Å². The number of benzene rings is 1. The molecule has 4 nitrogen and oxygen atoms in total. The normalized spacial score (nSPS) is 19.1. The highest BCUT2D eigenvalue weighted by atomic mass is 19.1. The van der Waals surface area contributed by atoms with Crippen molar-refractivity contribution in [2.75, 3.05) is 19.6 Å². The number of hydrogen-bond acceptors (Lipinski definition) is 3. The summed E-state index contributed by atoms with van der Waals surface area (Å²) in [5, 5.41) is 2.78. The molecule has 1 aromatic rings. The van der Waals surface area contributed by atoms with Crippen LogP contribution in [0.4, 0.5) is 8.78 Å². The fraction of sp³-hybridized carbons (Fsp3) is 0.429. The summed E-state index contributed by atoms with van der Waals surface area (Å²) in [7, 11) is 0. The Kier molecular flexibility index (Phi) is 4.44. The molecular formula is C14H16F2N2O2. The van der Waals surface area contributed by atoms with E-state index in [1.165, 1.54) is 6.92 Å². The SMILES string of the molecule is CC(=O)NC1CCN(CC(=O)c2cc(F)ccc2F)C1. The van der Waals surface area contributed by atoms with Gasteiger partial charge in [0.25, 0.3) is 0 Å². The number of amides is 1. The van der Waals surface area contributed by atoms with Crippen LogP contribution < -0.4 is 5.32 Å². The lowest BCUT2D eigenvalue weighted by Crippen LogP contribution is -2.36. The Bertz CT molecular complexity index is 534. The standard InChI is InChI=1S/C14H16F2N2O2/c1-9(19)17-11-4-5-18(7-11)8-14(20)12-6-10(15)2-3-13(12)16/h2-3,6,11H,4-5,7-8H2,1H3,(H,17,19). The average molecular weight is 282 g/mol. The fourth-order valence-electron chi connectivity index (χ4n) is 2.38. The van der Waals surface area contributed by atoms with Gasteiger partial charge in [-0.2, -0.15) is 0 Å². The first-order chi connectivity index (χ1) is 9.45. The minimum atomic E-state index is -0.714. The first-order valence-corrected chi connectivity index (χ1v) is 6.43. The largest absolute Gasteiger partial charge is 0.352 e. The van der Waals surface area contributed by atoms with Crippen LogP contribution >= 0.6 is 0 Å². The van der Waals surface area contributed by atoms with Crippen molar-refractivity contribution in [1.82, 2.24) is 10.2 Å². The van der Waals surface area contributed by atoms with Crippen LogP contribution in [0.2, 0.25) is 0 Å². The van der Waals surface area contributed by atoms with Gasteiger partial charge in [-0.3, -0.25) is 14.5 Å². The third-order valence-electron chi connectivity index (χ3n) is 3.28. The molecule has 0 saturated carbocycles. The molecule has 0 aliphatic carbocycles. The molecule has 1 aliphatic heterocycles. The zero-order valence-electron chi connectivity index (χ0n) is 11.2. The maximum absolute atomic E-state index is 13.5. The molecule has 1 amide bonds. The molecule has 1 unspecified atom stereocenters. The van der Waals surface area contributed by atoms with Crippen LogP contribution in [0.3, 0.4) is 0 Å². The molecule has 0 bridgehead atoms. The number of likely N-dealkylation sites (tertiary alicyclic amines) is 1. The average Bonchev–Trinajstić information content (AvgIpc) is 2.78. The van der Waals surface area contributed by atoms with E-state index in [4.69, 9.17) is 0 Å². The van der Waals surface area contributed by atoms with Crippen LogP contribution in [0, 0.1) is 11.6 Å². The highest BCUT2D eigenvalue weighted by Gasteiger charge is 2.25. The van der Waals surface area contributed by atoms with Crippen molar-refractivity contribution >= 4 is 11.7 Å². The van der Waals surface area contributed by atoms with Gasteiger partial charge in [0, 0.05) is 26.1 Å². The lowest BCUT2D eigenvalue weighted by atomic mass is 10.1. The van der Waals surface area contributed by atoms with Gasteiger partial charge in [0.2, 0.25) is 5.91 Å². The second-order valence-electron chi connectivity index (χ2n) is 4.97. The topological polar surface area (TPSA) is 49.4 Å². The van der Waals surface area contributed by atoms with Crippen LogP contribution in [-0.2, 0) is 4.79 Å². The van der Waals surface area contributed by atoms with E-state index in [1.54, 1.807) is 0 Å². The van der Waals surface area contributed by atoms with Crippen molar-refractivity contribution in [3.63, 3.8) is 0 Å². The Balaban J connectivity index is 1.95. The Morgan fingerprint density at radius 3 is 2.85 bits per heavy atom. The molecular weight excluding hydrogens is 266 g/mol. The molecule has 1 fully saturated rings. The molecule has 1 aromatic carbocycles. The second-order valence-corrected chi connectivity index (χ2v) is 4.97. The van der Waals surface area contributed by atoms with Gasteiger partial charge in [-0.05, 0) is 24.6 Å². The van der Waals surface area contributed by atoms with Gasteiger partial charge < -0.3 is 5.32 Å². The van der Waals surface area contributed by atoms with Gasteiger partial charge >= 0.3 is 0 Å². The molecule has 2 rings (SSSR count). The molecule has 1 saturated heterocycles. The number of Topliss-reactive ketones (excluding diaryl/α,β-unsaturated/α-hetero) is 1. The van der Waals surface area contributed by atoms with Crippen molar-refractivity contribution in [3.8, 4) is 0 Å². The van der Waals surface area contributed by atoms with Crippen LogP contribution in [-0.4, -0.2) is 42.3 Å². The van der Waals surface area contributed by atoms with E-state index in [9.17, 15) is 18.4 Å². The maximum Gasteiger partial charge on any atom is 0.217 e. The molecule has 0 spiro atoms. The zero-order chi connectivity index (χ0) is 14.7. The van der Waals surface area contributed by atoms with Crippen LogP contribution in [0.15, 0.2) is 18.2 Å². The van der Waals surface area contributed by atoms with Gasteiger partial charge in [0.15, 0.2) is 5.78 Å². The van der Waals surface area contributed by atoms with Crippen molar-refractivity contribution in [1.29, 1.82) is 0 Å². The Morgan fingerprint density at radius 1 is 1.40 bits per heavy atom. The Morgan fingerprint density at radius 2 is 2.15 bits per heavy atom. The first-order valence-electron chi connectivity index (χ1n) is 6.43. The van der Waals surface area contributed by atoms with E-state index in [2.05, 4.69) is 5.32 Å². The van der Waals surface area contributed by atoms with Gasteiger partial charge in [-0.25, -0.2) is 8.78 Å². The smallest absolute Gasteiger partial charge is 0.217 e. The molecule has 1 heterocycles. The number of carbonyl (C=O) groups excluding carboxylic acids is 2. The van der Waals surface area contributed by atoms with E-state index in [-0.39, 0.29) is 24.1 Å². The number of hydrogen-bond donors (Lipinski definition) is 1. The molecule has 6 heteroatoms. The van der Waals surface area contributed by atoms with E-state index < -0.39 is 17.4 Å². The van der Waals surface area contributed by atoms with E-state index in [0.29, 0.717) is 13.1 Å². The van der Waals surface area contributed by atoms with Gasteiger partial charge in [-0.15, -0.1) is 0 Å². The van der Waals surface area contributed by atoms with Gasteiger partial charge in [0.1, 0.15) is 11.6 Å². The Labute approximate surface area is 115 Å². The summed E-state index contributed by atoms with van der Waals surface area (Å²) >= 11 is 0. The quantitative estimate of drug-likeness (QED) is 0.848. The minimum absolute atomic E-state index is 0.0117. The summed E-state index contributed by atoms with van der Waals surface area (Å²) in [4.78, 5) is 24.7. The first kappa shape index (κ1) is 14.6. The summed E-state index contributed by atoms with van der Waals surface area (Å²) in [5.74, 6) is -1.91.